The fourth-order valence-corrected chi connectivity index (χ4v) is 3.30. The van der Waals surface area contributed by atoms with E-state index in [4.69, 9.17) is 16.3 Å². The zero-order valence-electron chi connectivity index (χ0n) is 21.7. The van der Waals surface area contributed by atoms with Crippen molar-refractivity contribution in [2.75, 3.05) is 20.2 Å². The molecule has 1 aliphatic rings. The second-order valence-corrected chi connectivity index (χ2v) is 7.37. The smallest absolute Gasteiger partial charge is 0.416 e. The largest absolute Gasteiger partial charge is 0.497 e. The number of nitrogens with one attached hydrogen (secondary N) is 1. The third-order valence-corrected chi connectivity index (χ3v) is 4.99. The van der Waals surface area contributed by atoms with E-state index >= 15 is 0 Å². The Morgan fingerprint density at radius 3 is 2.08 bits per heavy atom. The summed E-state index contributed by atoms with van der Waals surface area (Å²) in [6.45, 7) is 9.72. The highest BCUT2D eigenvalue weighted by atomic mass is 19.4. The van der Waals surface area contributed by atoms with E-state index in [9.17, 15) is 22.7 Å². The molecule has 0 atom stereocenters. The Bertz CT molecular complexity index is 885. The predicted molar refractivity (Wildman–Crippen MR) is 136 cm³/mol. The molecule has 36 heavy (non-hydrogen) atoms. The zero-order chi connectivity index (χ0) is 27.8. The Morgan fingerprint density at radius 1 is 1.06 bits per heavy atom. The lowest BCUT2D eigenvalue weighted by Gasteiger charge is -2.33. The number of hydrazine groups is 1. The first-order valence-corrected chi connectivity index (χ1v) is 11.9. The molecule has 204 valence electrons. The van der Waals surface area contributed by atoms with Crippen LogP contribution in [0, 0.1) is 5.82 Å². The lowest BCUT2D eigenvalue weighted by Crippen LogP contribution is -2.39. The van der Waals surface area contributed by atoms with Gasteiger partial charge in [-0.3, -0.25) is 0 Å². The number of aliphatic hydroxyl groups is 1. The maximum Gasteiger partial charge on any atom is 0.416 e. The number of halogens is 4. The van der Waals surface area contributed by atoms with Gasteiger partial charge < -0.3 is 25.9 Å². The van der Waals surface area contributed by atoms with E-state index in [2.05, 4.69) is 5.32 Å². The Kier molecular flexibility index (Phi) is 15.5. The molecule has 6 nitrogen and oxygen atoms in total. The number of piperidine rings is 1. The number of rotatable bonds is 5. The minimum Gasteiger partial charge on any atom is -0.497 e. The van der Waals surface area contributed by atoms with Gasteiger partial charge >= 0.3 is 6.18 Å². The SMILES string of the molecule is CC.CC.COc1cc(F)cc(CN(N)/C=C\N)c1.OC1(c2ccc(C(F)(F)F)cc2)CCNCC1. The maximum absolute atomic E-state index is 13.1. The molecule has 1 aliphatic heterocycles. The Morgan fingerprint density at radius 2 is 1.61 bits per heavy atom. The van der Waals surface area contributed by atoms with Crippen molar-refractivity contribution < 1.29 is 27.4 Å². The van der Waals surface area contributed by atoms with Gasteiger partial charge in [0, 0.05) is 18.5 Å². The Balaban J connectivity index is 0.000000602. The summed E-state index contributed by atoms with van der Waals surface area (Å²) in [4.78, 5) is 0. The molecule has 0 bridgehead atoms. The highest BCUT2D eigenvalue weighted by molar-refractivity contribution is 5.30. The van der Waals surface area contributed by atoms with Crippen LogP contribution in [0.25, 0.3) is 0 Å². The first kappa shape index (κ1) is 33.2. The van der Waals surface area contributed by atoms with Crippen molar-refractivity contribution in [3.63, 3.8) is 0 Å². The van der Waals surface area contributed by atoms with Crippen molar-refractivity contribution in [1.29, 1.82) is 0 Å². The number of benzene rings is 2. The van der Waals surface area contributed by atoms with Crippen LogP contribution >= 0.6 is 0 Å². The first-order chi connectivity index (χ1) is 17.1. The number of hydrogen-bond acceptors (Lipinski definition) is 6. The molecule has 1 heterocycles. The molecule has 1 fully saturated rings. The predicted octanol–water partition coefficient (Wildman–Crippen LogP) is 5.27. The molecule has 1 saturated heterocycles. The molecule has 0 spiro atoms. The molecule has 10 heteroatoms. The molecular formula is C26H40F4N4O2. The molecule has 2 aromatic rings. The second kappa shape index (κ2) is 16.8. The van der Waals surface area contributed by atoms with Crippen LogP contribution in [0.5, 0.6) is 5.75 Å². The summed E-state index contributed by atoms with van der Waals surface area (Å²) in [5.74, 6) is 5.68. The van der Waals surface area contributed by atoms with Gasteiger partial charge in [0.05, 0.1) is 24.8 Å². The van der Waals surface area contributed by atoms with Crippen molar-refractivity contribution in [3.8, 4) is 5.75 Å². The van der Waals surface area contributed by atoms with Crippen LogP contribution in [0.15, 0.2) is 54.9 Å². The van der Waals surface area contributed by atoms with E-state index in [1.807, 2.05) is 27.7 Å². The quantitative estimate of drug-likeness (QED) is 0.246. The number of alkyl halides is 3. The molecule has 0 aliphatic carbocycles. The van der Waals surface area contributed by atoms with Gasteiger partial charge in [0.15, 0.2) is 0 Å². The number of hydrogen-bond donors (Lipinski definition) is 4. The maximum atomic E-state index is 13.1. The fourth-order valence-electron chi connectivity index (χ4n) is 3.30. The molecule has 0 radical (unpaired) electrons. The summed E-state index contributed by atoms with van der Waals surface area (Å²) in [6, 6.07) is 9.20. The summed E-state index contributed by atoms with van der Waals surface area (Å²) in [6.07, 6.45) is -0.458. The van der Waals surface area contributed by atoms with Gasteiger partial charge in [-0.1, -0.05) is 39.8 Å². The van der Waals surface area contributed by atoms with Crippen LogP contribution in [0.2, 0.25) is 0 Å². The minimum absolute atomic E-state index is 0.352. The topological polar surface area (TPSA) is 96.8 Å². The van der Waals surface area contributed by atoms with Gasteiger partial charge in [0.1, 0.15) is 11.6 Å². The Labute approximate surface area is 211 Å². The van der Waals surface area contributed by atoms with E-state index in [1.54, 1.807) is 6.07 Å². The second-order valence-electron chi connectivity index (χ2n) is 7.37. The number of nitrogens with zero attached hydrogens (tertiary/aromatic N) is 1. The molecule has 0 aromatic heterocycles. The summed E-state index contributed by atoms with van der Waals surface area (Å²) in [7, 11) is 1.48. The summed E-state index contributed by atoms with van der Waals surface area (Å²) < 4.78 is 55.2. The number of nitrogens with two attached hydrogens (primary N) is 2. The first-order valence-electron chi connectivity index (χ1n) is 11.9. The summed E-state index contributed by atoms with van der Waals surface area (Å²) >= 11 is 0. The summed E-state index contributed by atoms with van der Waals surface area (Å²) in [5, 5.41) is 14.8. The van der Waals surface area contributed by atoms with Crippen LogP contribution in [0.1, 0.15) is 57.2 Å². The van der Waals surface area contributed by atoms with Crippen molar-refractivity contribution in [2.24, 2.45) is 11.6 Å². The van der Waals surface area contributed by atoms with Crippen LogP contribution in [-0.2, 0) is 18.3 Å². The third-order valence-electron chi connectivity index (χ3n) is 4.99. The van der Waals surface area contributed by atoms with Crippen LogP contribution < -0.4 is 21.6 Å². The van der Waals surface area contributed by atoms with Crippen LogP contribution in [0.3, 0.4) is 0 Å². The highest BCUT2D eigenvalue weighted by Crippen LogP contribution is 2.34. The lowest BCUT2D eigenvalue weighted by atomic mass is 9.85. The van der Waals surface area contributed by atoms with Gasteiger partial charge in [0.2, 0.25) is 0 Å². The minimum atomic E-state index is -4.32. The molecule has 0 unspecified atom stereocenters. The van der Waals surface area contributed by atoms with Crippen molar-refractivity contribution in [1.82, 2.24) is 10.3 Å². The molecule has 6 N–H and O–H groups in total. The fraction of sp³-hybridized carbons (Fsp3) is 0.462. The Hall–Kier alpha value is -2.82. The normalized spacial score (nSPS) is 14.3. The molecule has 0 saturated carbocycles. The van der Waals surface area contributed by atoms with E-state index in [-0.39, 0.29) is 5.82 Å². The van der Waals surface area contributed by atoms with Gasteiger partial charge in [-0.2, -0.15) is 13.2 Å². The molecule has 2 aromatic carbocycles. The van der Waals surface area contributed by atoms with Gasteiger partial charge in [-0.05, 0) is 61.3 Å². The van der Waals surface area contributed by atoms with Crippen molar-refractivity contribution >= 4 is 0 Å². The van der Waals surface area contributed by atoms with E-state index in [1.165, 1.54) is 48.8 Å². The van der Waals surface area contributed by atoms with Crippen molar-refractivity contribution in [3.05, 3.63) is 77.4 Å². The van der Waals surface area contributed by atoms with Crippen molar-refractivity contribution in [2.45, 2.75) is 58.9 Å². The van der Waals surface area contributed by atoms with E-state index in [0.29, 0.717) is 49.4 Å². The van der Waals surface area contributed by atoms with Gasteiger partial charge in [-0.15, -0.1) is 0 Å². The third kappa shape index (κ3) is 11.3. The number of methoxy groups -OCH3 is 1. The molecular weight excluding hydrogens is 476 g/mol. The van der Waals surface area contributed by atoms with Crippen LogP contribution in [0.4, 0.5) is 17.6 Å². The van der Waals surface area contributed by atoms with E-state index < -0.39 is 17.3 Å². The standard InChI is InChI=1S/C12H14F3NO.C10H14FN3O.2C2H6/c13-12(14,15)10-3-1-9(2-4-10)11(17)5-7-16-8-6-11;1-15-10-5-8(4-9(11)6-10)7-14(13)3-2-12;2*1-2/h1-4,16-17H,5-8H2;2-6H,7,12-13H2,1H3;2*1-2H3/b;3-2-;;. The molecule has 3 rings (SSSR count). The van der Waals surface area contributed by atoms with E-state index in [0.717, 1.165) is 12.1 Å². The van der Waals surface area contributed by atoms with Crippen LogP contribution in [-0.4, -0.2) is 30.3 Å². The highest BCUT2D eigenvalue weighted by Gasteiger charge is 2.33. The summed E-state index contributed by atoms with van der Waals surface area (Å²) in [5.41, 5.74) is 4.77. The average molecular weight is 517 g/mol. The zero-order valence-corrected chi connectivity index (χ0v) is 21.7. The lowest BCUT2D eigenvalue weighted by molar-refractivity contribution is -0.137. The number of ether oxygens (including phenoxy) is 1. The monoisotopic (exact) mass is 516 g/mol. The van der Waals surface area contributed by atoms with Gasteiger partial charge in [-0.25, -0.2) is 10.2 Å². The molecule has 0 amide bonds. The average Bonchev–Trinajstić information content (AvgIpc) is 2.86. The van der Waals surface area contributed by atoms with Gasteiger partial charge in [0.25, 0.3) is 0 Å².